The van der Waals surface area contributed by atoms with Crippen LogP contribution in [0.5, 0.6) is 5.75 Å². The van der Waals surface area contributed by atoms with Gasteiger partial charge in [-0.15, -0.1) is 0 Å². The number of para-hydroxylation sites is 1. The first kappa shape index (κ1) is 27.3. The molecule has 3 N–H and O–H groups in total. The maximum atomic E-state index is 11.8. The number of halogens is 2. The number of carbonyl (C=O) groups excluding carboxylic acids is 3. The van der Waals surface area contributed by atoms with Crippen molar-refractivity contribution in [3.8, 4) is 5.75 Å². The van der Waals surface area contributed by atoms with Crippen molar-refractivity contribution < 1.29 is 28.6 Å². The van der Waals surface area contributed by atoms with Crippen LogP contribution in [0, 0.1) is 0 Å². The maximum absolute atomic E-state index is 11.8. The molecule has 0 fully saturated rings. The highest BCUT2D eigenvalue weighted by Crippen LogP contribution is 2.25. The van der Waals surface area contributed by atoms with E-state index in [9.17, 15) is 14.4 Å². The Morgan fingerprint density at radius 1 is 0.714 bits per heavy atom. The standard InChI is InChI=1S/C16H16N2O4.C8H7Cl2NO2/c1-2-21-15(19)18-13-9-6-10-14(11-13)22-16(20)17-12-7-4-3-5-8-12;1-13-8(12)11-5-2-3-6(9)7(10)4-5/h3-11H,2H2,1H3,(H,17,20)(H,18,19);2-4H,1H3,(H,11,12). The largest absolute Gasteiger partial charge is 0.453 e. The summed E-state index contributed by atoms with van der Waals surface area (Å²) >= 11 is 11.4. The van der Waals surface area contributed by atoms with Crippen LogP contribution in [0.4, 0.5) is 31.4 Å². The van der Waals surface area contributed by atoms with Crippen LogP contribution < -0.4 is 20.7 Å². The van der Waals surface area contributed by atoms with Crippen LogP contribution in [0.25, 0.3) is 0 Å². The first-order valence-electron chi connectivity index (χ1n) is 10.2. The molecule has 0 aliphatic carbocycles. The number of carbonyl (C=O) groups is 3. The lowest BCUT2D eigenvalue weighted by molar-refractivity contribution is 0.168. The molecule has 3 aromatic carbocycles. The van der Waals surface area contributed by atoms with Gasteiger partial charge in [-0.1, -0.05) is 47.5 Å². The molecule has 0 radical (unpaired) electrons. The lowest BCUT2D eigenvalue weighted by Gasteiger charge is -2.09. The molecule has 0 aliphatic rings. The smallest absolute Gasteiger partial charge is 0.417 e. The molecule has 0 unspecified atom stereocenters. The molecular formula is C24H23Cl2N3O6. The molecule has 0 spiro atoms. The van der Waals surface area contributed by atoms with E-state index >= 15 is 0 Å². The lowest BCUT2D eigenvalue weighted by Crippen LogP contribution is -2.17. The number of hydrogen-bond acceptors (Lipinski definition) is 6. The summed E-state index contributed by atoms with van der Waals surface area (Å²) in [4.78, 5) is 33.9. The molecule has 9 nitrogen and oxygen atoms in total. The van der Waals surface area contributed by atoms with Crippen molar-refractivity contribution >= 4 is 58.5 Å². The fraction of sp³-hybridized carbons (Fsp3) is 0.125. The first-order valence-corrected chi connectivity index (χ1v) is 10.9. The number of amides is 3. The van der Waals surface area contributed by atoms with Crippen LogP contribution in [0.3, 0.4) is 0 Å². The lowest BCUT2D eigenvalue weighted by atomic mass is 10.3. The number of rotatable bonds is 5. The van der Waals surface area contributed by atoms with Crippen LogP contribution in [0.2, 0.25) is 10.0 Å². The van der Waals surface area contributed by atoms with Crippen molar-refractivity contribution in [2.45, 2.75) is 6.92 Å². The van der Waals surface area contributed by atoms with Gasteiger partial charge in [0, 0.05) is 23.1 Å². The number of nitrogens with one attached hydrogen (secondary N) is 3. The monoisotopic (exact) mass is 519 g/mol. The zero-order valence-corrected chi connectivity index (χ0v) is 20.4. The highest BCUT2D eigenvalue weighted by atomic mass is 35.5. The molecule has 0 aliphatic heterocycles. The van der Waals surface area contributed by atoms with Crippen LogP contribution in [0.1, 0.15) is 6.92 Å². The van der Waals surface area contributed by atoms with Crippen molar-refractivity contribution in [1.82, 2.24) is 0 Å². The minimum absolute atomic E-state index is 0.279. The minimum Gasteiger partial charge on any atom is -0.453 e. The van der Waals surface area contributed by atoms with E-state index in [4.69, 9.17) is 32.7 Å². The Bertz CT molecular complexity index is 1150. The molecular weight excluding hydrogens is 497 g/mol. The summed E-state index contributed by atoms with van der Waals surface area (Å²) in [5, 5.41) is 8.41. The Labute approximate surface area is 212 Å². The third kappa shape index (κ3) is 10.2. The molecule has 3 amide bonds. The van der Waals surface area contributed by atoms with Gasteiger partial charge in [-0.3, -0.25) is 16.0 Å². The second-order valence-electron chi connectivity index (χ2n) is 6.50. The highest BCUT2D eigenvalue weighted by Gasteiger charge is 2.07. The first-order chi connectivity index (χ1) is 16.8. The van der Waals surface area contributed by atoms with Gasteiger partial charge in [0.1, 0.15) is 5.75 Å². The van der Waals surface area contributed by atoms with Gasteiger partial charge < -0.3 is 14.2 Å². The Hall–Kier alpha value is -3.95. The average molecular weight is 520 g/mol. The fourth-order valence-electron chi connectivity index (χ4n) is 2.44. The van der Waals surface area contributed by atoms with E-state index in [1.54, 1.807) is 67.6 Å². The van der Waals surface area contributed by atoms with Crippen LogP contribution in [-0.4, -0.2) is 32.0 Å². The molecule has 0 aromatic heterocycles. The molecule has 3 rings (SSSR count). The van der Waals surface area contributed by atoms with Crippen molar-refractivity contribution in [2.24, 2.45) is 0 Å². The normalized spacial score (nSPS) is 9.60. The molecule has 0 saturated carbocycles. The Morgan fingerprint density at radius 3 is 2.00 bits per heavy atom. The third-order valence-electron chi connectivity index (χ3n) is 3.94. The second-order valence-corrected chi connectivity index (χ2v) is 7.31. The molecule has 3 aromatic rings. The Morgan fingerprint density at radius 2 is 1.34 bits per heavy atom. The SMILES string of the molecule is CCOC(=O)Nc1cccc(OC(=O)Nc2ccccc2)c1.COC(=O)Nc1ccc(Cl)c(Cl)c1. The predicted molar refractivity (Wildman–Crippen MR) is 136 cm³/mol. The van der Waals surface area contributed by atoms with Gasteiger partial charge in [0.25, 0.3) is 0 Å². The van der Waals surface area contributed by atoms with Crippen LogP contribution in [0.15, 0.2) is 72.8 Å². The van der Waals surface area contributed by atoms with E-state index in [0.717, 1.165) is 0 Å². The quantitative estimate of drug-likeness (QED) is 0.333. The zero-order valence-electron chi connectivity index (χ0n) is 18.8. The van der Waals surface area contributed by atoms with E-state index in [2.05, 4.69) is 20.7 Å². The summed E-state index contributed by atoms with van der Waals surface area (Å²) in [6, 6.07) is 20.2. The van der Waals surface area contributed by atoms with E-state index in [1.807, 2.05) is 6.07 Å². The Balaban J connectivity index is 0.000000283. The fourth-order valence-corrected chi connectivity index (χ4v) is 2.74. The van der Waals surface area contributed by atoms with Crippen molar-refractivity contribution in [3.05, 3.63) is 82.8 Å². The number of ether oxygens (including phenoxy) is 3. The average Bonchev–Trinajstić information content (AvgIpc) is 2.82. The predicted octanol–water partition coefficient (Wildman–Crippen LogP) is 7.04. The van der Waals surface area contributed by atoms with Gasteiger partial charge in [-0.2, -0.15) is 0 Å². The summed E-state index contributed by atoms with van der Waals surface area (Å²) < 4.78 is 14.3. The minimum atomic E-state index is -0.612. The van der Waals surface area contributed by atoms with Crippen LogP contribution >= 0.6 is 23.2 Å². The summed E-state index contributed by atoms with van der Waals surface area (Å²) in [6.45, 7) is 1.99. The van der Waals surface area contributed by atoms with Gasteiger partial charge in [0.15, 0.2) is 0 Å². The number of benzene rings is 3. The summed E-state index contributed by atoms with van der Waals surface area (Å²) in [7, 11) is 1.28. The van der Waals surface area contributed by atoms with Crippen molar-refractivity contribution in [1.29, 1.82) is 0 Å². The van der Waals surface area contributed by atoms with E-state index < -0.39 is 18.3 Å². The molecule has 35 heavy (non-hydrogen) atoms. The molecule has 0 heterocycles. The van der Waals surface area contributed by atoms with Crippen molar-refractivity contribution in [2.75, 3.05) is 29.7 Å². The van der Waals surface area contributed by atoms with Gasteiger partial charge in [0.2, 0.25) is 0 Å². The van der Waals surface area contributed by atoms with Crippen LogP contribution in [-0.2, 0) is 9.47 Å². The van der Waals surface area contributed by atoms with E-state index in [1.165, 1.54) is 13.2 Å². The third-order valence-corrected chi connectivity index (χ3v) is 4.68. The maximum Gasteiger partial charge on any atom is 0.417 e. The number of hydrogen-bond donors (Lipinski definition) is 3. The van der Waals surface area contributed by atoms with Gasteiger partial charge in [-0.25, -0.2) is 14.4 Å². The van der Waals surface area contributed by atoms with E-state index in [0.29, 0.717) is 32.9 Å². The molecule has 184 valence electrons. The van der Waals surface area contributed by atoms with Gasteiger partial charge in [-0.05, 0) is 49.4 Å². The highest BCUT2D eigenvalue weighted by molar-refractivity contribution is 6.42. The number of anilines is 3. The van der Waals surface area contributed by atoms with Gasteiger partial charge >= 0.3 is 18.3 Å². The molecule has 0 bridgehead atoms. The molecule has 0 atom stereocenters. The summed E-state index contributed by atoms with van der Waals surface area (Å²) in [6.07, 6.45) is -1.72. The van der Waals surface area contributed by atoms with Crippen molar-refractivity contribution in [3.63, 3.8) is 0 Å². The zero-order chi connectivity index (χ0) is 25.6. The molecule has 0 saturated heterocycles. The topological polar surface area (TPSA) is 115 Å². The van der Waals surface area contributed by atoms with Gasteiger partial charge in [0.05, 0.1) is 23.8 Å². The Kier molecular flexibility index (Phi) is 11.2. The summed E-state index contributed by atoms with van der Waals surface area (Å²) in [5.41, 5.74) is 1.65. The van der Waals surface area contributed by atoms with E-state index in [-0.39, 0.29) is 6.61 Å². The molecule has 11 heteroatoms. The second kappa shape index (κ2) is 14.3. The number of methoxy groups -OCH3 is 1. The summed E-state index contributed by atoms with van der Waals surface area (Å²) in [5.74, 6) is 0.308.